The topological polar surface area (TPSA) is 78.9 Å². The first kappa shape index (κ1) is 63.4. The Morgan fingerprint density at radius 2 is 0.446 bits per heavy atom. The van der Waals surface area contributed by atoms with Gasteiger partial charge in [0.25, 0.3) is 0 Å². The van der Waals surface area contributed by atoms with Crippen LogP contribution in [-0.4, -0.2) is 37.2 Å². The van der Waals surface area contributed by atoms with Gasteiger partial charge in [-0.3, -0.25) is 14.4 Å². The zero-order chi connectivity index (χ0) is 47.7. The van der Waals surface area contributed by atoms with E-state index in [0.29, 0.717) is 19.3 Å². The lowest BCUT2D eigenvalue weighted by Crippen LogP contribution is -2.30. The van der Waals surface area contributed by atoms with Crippen molar-refractivity contribution in [3.05, 3.63) is 0 Å². The van der Waals surface area contributed by atoms with E-state index in [1.807, 2.05) is 0 Å². The zero-order valence-corrected chi connectivity index (χ0v) is 44.8. The predicted molar refractivity (Wildman–Crippen MR) is 279 cm³/mol. The van der Waals surface area contributed by atoms with Gasteiger partial charge in [-0.2, -0.15) is 0 Å². The van der Waals surface area contributed by atoms with E-state index in [9.17, 15) is 14.4 Å². The molecule has 0 N–H and O–H groups in total. The van der Waals surface area contributed by atoms with Crippen molar-refractivity contribution in [2.24, 2.45) is 17.8 Å². The van der Waals surface area contributed by atoms with E-state index in [4.69, 9.17) is 14.2 Å². The van der Waals surface area contributed by atoms with Crippen molar-refractivity contribution in [2.75, 3.05) is 13.2 Å². The summed E-state index contributed by atoms with van der Waals surface area (Å²) < 4.78 is 16.9. The fourth-order valence-electron chi connectivity index (χ4n) is 9.00. The van der Waals surface area contributed by atoms with Crippen LogP contribution in [-0.2, 0) is 28.6 Å². The molecule has 0 aliphatic rings. The van der Waals surface area contributed by atoms with Gasteiger partial charge in [-0.05, 0) is 37.0 Å². The maximum absolute atomic E-state index is 12.8. The van der Waals surface area contributed by atoms with Crippen LogP contribution in [0, 0.1) is 17.8 Å². The fourth-order valence-corrected chi connectivity index (χ4v) is 9.00. The molecular formula is C59H114O6. The third kappa shape index (κ3) is 53.2. The molecule has 0 aromatic rings. The molecule has 0 aliphatic heterocycles. The van der Waals surface area contributed by atoms with Crippen LogP contribution in [0.1, 0.15) is 324 Å². The van der Waals surface area contributed by atoms with Crippen molar-refractivity contribution in [1.29, 1.82) is 0 Å². The number of ether oxygens (including phenoxy) is 3. The third-order valence-electron chi connectivity index (χ3n) is 13.4. The zero-order valence-electron chi connectivity index (χ0n) is 44.8. The number of hydrogen-bond acceptors (Lipinski definition) is 6. The highest BCUT2D eigenvalue weighted by molar-refractivity contribution is 5.71. The Morgan fingerprint density at radius 1 is 0.262 bits per heavy atom. The Hall–Kier alpha value is -1.59. The molecule has 65 heavy (non-hydrogen) atoms. The molecule has 386 valence electrons. The van der Waals surface area contributed by atoms with Crippen LogP contribution < -0.4 is 0 Å². The van der Waals surface area contributed by atoms with Crippen molar-refractivity contribution in [1.82, 2.24) is 0 Å². The molecule has 0 aromatic carbocycles. The molecule has 0 fully saturated rings. The molecule has 0 aliphatic carbocycles. The molecule has 0 bridgehead atoms. The number of unbranched alkanes of at least 4 members (excludes halogenated alkanes) is 35. The molecule has 0 heterocycles. The van der Waals surface area contributed by atoms with Crippen molar-refractivity contribution in [2.45, 2.75) is 330 Å². The molecule has 0 radical (unpaired) electrons. The Kier molecular flexibility index (Phi) is 49.1. The number of rotatable bonds is 52. The maximum atomic E-state index is 12.8. The number of esters is 3. The summed E-state index contributed by atoms with van der Waals surface area (Å²) in [5, 5.41) is 0. The SMILES string of the molecule is CC(C)CCCCCCCCCCCCCCCCCCC(=O)OC[C@@H](COC(=O)CCCCCCCCCCCCCC(C)C)OC(=O)CCCCCCCCCCCCCC(C)C. The van der Waals surface area contributed by atoms with Gasteiger partial charge in [-0.15, -0.1) is 0 Å². The van der Waals surface area contributed by atoms with Gasteiger partial charge in [0.05, 0.1) is 0 Å². The second kappa shape index (κ2) is 50.3. The standard InChI is InChI=1S/C59H114O6/c1-53(2)45-39-33-27-21-15-11-9-7-8-10-12-18-24-30-36-42-48-57(60)63-51-56(65-59(62)50-44-38-32-26-20-14-17-23-29-35-41-47-55(5)6)52-64-58(61)49-43-37-31-25-19-13-16-22-28-34-40-46-54(3)4/h53-56H,7-52H2,1-6H3/t56-/m0/s1. The average molecular weight is 920 g/mol. The molecule has 0 amide bonds. The third-order valence-corrected chi connectivity index (χ3v) is 13.4. The Labute approximate surface area is 406 Å². The Morgan fingerprint density at radius 3 is 0.662 bits per heavy atom. The first-order valence-corrected chi connectivity index (χ1v) is 29.1. The molecule has 0 spiro atoms. The highest BCUT2D eigenvalue weighted by Gasteiger charge is 2.19. The molecule has 0 saturated carbocycles. The highest BCUT2D eigenvalue weighted by Crippen LogP contribution is 2.18. The van der Waals surface area contributed by atoms with Crippen LogP contribution in [0.3, 0.4) is 0 Å². The summed E-state index contributed by atoms with van der Waals surface area (Å²) in [5.41, 5.74) is 0. The summed E-state index contributed by atoms with van der Waals surface area (Å²) >= 11 is 0. The van der Waals surface area contributed by atoms with E-state index < -0.39 is 6.10 Å². The second-order valence-electron chi connectivity index (χ2n) is 21.7. The van der Waals surface area contributed by atoms with Crippen LogP contribution in [0.4, 0.5) is 0 Å². The minimum atomic E-state index is -0.764. The van der Waals surface area contributed by atoms with E-state index in [1.54, 1.807) is 0 Å². The maximum Gasteiger partial charge on any atom is 0.306 e. The lowest BCUT2D eigenvalue weighted by atomic mass is 10.0. The van der Waals surface area contributed by atoms with E-state index in [0.717, 1.165) is 75.5 Å². The van der Waals surface area contributed by atoms with Crippen molar-refractivity contribution in [3.63, 3.8) is 0 Å². The van der Waals surface area contributed by atoms with Gasteiger partial charge < -0.3 is 14.2 Å². The summed E-state index contributed by atoms with van der Waals surface area (Å²) in [6.07, 6.45) is 52.4. The minimum Gasteiger partial charge on any atom is -0.462 e. The van der Waals surface area contributed by atoms with E-state index in [-0.39, 0.29) is 31.1 Å². The van der Waals surface area contributed by atoms with Crippen LogP contribution in [0.5, 0.6) is 0 Å². The molecule has 0 rings (SSSR count). The summed E-state index contributed by atoms with van der Waals surface area (Å²) in [6, 6.07) is 0. The summed E-state index contributed by atoms with van der Waals surface area (Å²) in [7, 11) is 0. The second-order valence-corrected chi connectivity index (χ2v) is 21.7. The smallest absolute Gasteiger partial charge is 0.306 e. The van der Waals surface area contributed by atoms with Crippen LogP contribution in [0.2, 0.25) is 0 Å². The minimum absolute atomic E-state index is 0.0635. The van der Waals surface area contributed by atoms with Crippen LogP contribution in [0.25, 0.3) is 0 Å². The first-order chi connectivity index (χ1) is 31.6. The normalized spacial score (nSPS) is 12.1. The van der Waals surface area contributed by atoms with Gasteiger partial charge in [0.2, 0.25) is 0 Å². The Balaban J connectivity index is 4.28. The van der Waals surface area contributed by atoms with E-state index >= 15 is 0 Å². The number of carbonyl (C=O) groups excluding carboxylic acids is 3. The molecule has 0 saturated heterocycles. The highest BCUT2D eigenvalue weighted by atomic mass is 16.6. The summed E-state index contributed by atoms with van der Waals surface area (Å²) in [4.78, 5) is 38.1. The molecular weight excluding hydrogens is 805 g/mol. The van der Waals surface area contributed by atoms with E-state index in [2.05, 4.69) is 41.5 Å². The van der Waals surface area contributed by atoms with Gasteiger partial charge in [-0.1, -0.05) is 286 Å². The molecule has 6 nitrogen and oxygen atoms in total. The van der Waals surface area contributed by atoms with Crippen molar-refractivity contribution < 1.29 is 28.6 Å². The lowest BCUT2D eigenvalue weighted by Gasteiger charge is -2.18. The fraction of sp³-hybridized carbons (Fsp3) is 0.949. The summed E-state index contributed by atoms with van der Waals surface area (Å²) in [5.74, 6) is 1.66. The number of carbonyl (C=O) groups is 3. The molecule has 1 atom stereocenters. The summed E-state index contributed by atoms with van der Waals surface area (Å²) in [6.45, 7) is 13.8. The monoisotopic (exact) mass is 919 g/mol. The average Bonchev–Trinajstić information content (AvgIpc) is 3.26. The van der Waals surface area contributed by atoms with Gasteiger partial charge >= 0.3 is 17.9 Å². The lowest BCUT2D eigenvalue weighted by molar-refractivity contribution is -0.167. The van der Waals surface area contributed by atoms with Crippen molar-refractivity contribution >= 4 is 17.9 Å². The molecule has 6 heteroatoms. The van der Waals surface area contributed by atoms with Gasteiger partial charge in [0, 0.05) is 19.3 Å². The van der Waals surface area contributed by atoms with Gasteiger partial charge in [-0.25, -0.2) is 0 Å². The quantitative estimate of drug-likeness (QED) is 0.0344. The first-order valence-electron chi connectivity index (χ1n) is 29.1. The molecule has 0 unspecified atom stereocenters. The largest absolute Gasteiger partial charge is 0.462 e. The van der Waals surface area contributed by atoms with Gasteiger partial charge in [0.15, 0.2) is 6.10 Å². The number of hydrogen-bond donors (Lipinski definition) is 0. The predicted octanol–water partition coefficient (Wildman–Crippen LogP) is 19.1. The van der Waals surface area contributed by atoms with Crippen LogP contribution in [0.15, 0.2) is 0 Å². The Bertz CT molecular complexity index is 1010. The van der Waals surface area contributed by atoms with Crippen LogP contribution >= 0.6 is 0 Å². The van der Waals surface area contributed by atoms with Gasteiger partial charge in [0.1, 0.15) is 13.2 Å². The van der Waals surface area contributed by atoms with Crippen molar-refractivity contribution in [3.8, 4) is 0 Å². The molecule has 0 aromatic heterocycles. The van der Waals surface area contributed by atoms with E-state index in [1.165, 1.54) is 205 Å².